The third-order valence-corrected chi connectivity index (χ3v) is 5.69. The van der Waals surface area contributed by atoms with Crippen LogP contribution in [0.15, 0.2) is 24.3 Å². The largest absolute Gasteiger partial charge is 0.372 e. The van der Waals surface area contributed by atoms with E-state index in [1.165, 1.54) is 36.7 Å². The summed E-state index contributed by atoms with van der Waals surface area (Å²) >= 11 is 2.79. The van der Waals surface area contributed by atoms with Crippen molar-refractivity contribution in [3.63, 3.8) is 0 Å². The Morgan fingerprint density at radius 2 is 1.96 bits per heavy atom. The van der Waals surface area contributed by atoms with Crippen molar-refractivity contribution in [2.45, 2.75) is 31.9 Å². The minimum absolute atomic E-state index is 0.0200. The first-order valence-corrected chi connectivity index (χ1v) is 10.1. The van der Waals surface area contributed by atoms with Gasteiger partial charge in [-0.2, -0.15) is 8.75 Å². The van der Waals surface area contributed by atoms with Gasteiger partial charge >= 0.3 is 0 Å². The molecule has 1 aliphatic heterocycles. The van der Waals surface area contributed by atoms with Crippen molar-refractivity contribution < 1.29 is 4.79 Å². The van der Waals surface area contributed by atoms with Gasteiger partial charge < -0.3 is 10.2 Å². The molecule has 0 bridgehead atoms. The number of rotatable bonds is 6. The number of nitrogens with zero attached hydrogens (tertiary/aromatic N) is 3. The number of nitrogens with one attached hydrogen (secondary N) is 1. The highest BCUT2D eigenvalue weighted by molar-refractivity contribution is 7.99. The second kappa shape index (κ2) is 8.48. The van der Waals surface area contributed by atoms with Gasteiger partial charge in [0.25, 0.3) is 0 Å². The van der Waals surface area contributed by atoms with Gasteiger partial charge in [-0.25, -0.2) is 0 Å². The maximum Gasteiger partial charge on any atom is 0.234 e. The summed E-state index contributed by atoms with van der Waals surface area (Å²) in [6, 6.07) is 8.17. The zero-order chi connectivity index (χ0) is 16.8. The Bertz CT molecular complexity index is 665. The molecule has 0 spiro atoms. The quantitative estimate of drug-likeness (QED) is 0.849. The normalized spacial score (nSPS) is 14.6. The number of hydrogen-bond acceptors (Lipinski definition) is 6. The minimum atomic E-state index is 0.0200. The fraction of sp³-hybridized carbons (Fsp3) is 0.471. The van der Waals surface area contributed by atoms with E-state index in [0.717, 1.165) is 35.9 Å². The van der Waals surface area contributed by atoms with E-state index in [4.69, 9.17) is 0 Å². The smallest absolute Gasteiger partial charge is 0.234 e. The minimum Gasteiger partial charge on any atom is -0.372 e. The zero-order valence-corrected chi connectivity index (χ0v) is 15.5. The number of anilines is 2. The zero-order valence-electron chi connectivity index (χ0n) is 13.8. The number of carbonyl (C=O) groups excluding carboxylic acids is 1. The summed E-state index contributed by atoms with van der Waals surface area (Å²) in [4.78, 5) is 14.4. The van der Waals surface area contributed by atoms with Crippen molar-refractivity contribution in [3.8, 4) is 0 Å². The SMILES string of the molecule is Cc1nsnc1CSCC(=O)Nc1ccc(N2CCCCC2)cc1. The Balaban J connectivity index is 1.45. The molecule has 5 nitrogen and oxygen atoms in total. The van der Waals surface area contributed by atoms with Crippen molar-refractivity contribution in [1.82, 2.24) is 8.75 Å². The molecule has 1 N–H and O–H groups in total. The number of hydrogen-bond donors (Lipinski definition) is 1. The number of carbonyl (C=O) groups is 1. The van der Waals surface area contributed by atoms with E-state index in [1.54, 1.807) is 11.8 Å². The van der Waals surface area contributed by atoms with Crippen molar-refractivity contribution in [3.05, 3.63) is 35.7 Å². The Hall–Kier alpha value is -1.60. The summed E-state index contributed by atoms with van der Waals surface area (Å²) < 4.78 is 8.37. The van der Waals surface area contributed by atoms with Crippen LogP contribution in [0.1, 0.15) is 30.7 Å². The average molecular weight is 363 g/mol. The summed E-state index contributed by atoms with van der Waals surface area (Å²) in [6.45, 7) is 4.21. The first-order valence-electron chi connectivity index (χ1n) is 8.23. The highest BCUT2D eigenvalue weighted by Gasteiger charge is 2.11. The summed E-state index contributed by atoms with van der Waals surface area (Å²) in [6.07, 6.45) is 3.87. The fourth-order valence-electron chi connectivity index (χ4n) is 2.73. The van der Waals surface area contributed by atoms with Gasteiger partial charge in [0.05, 0.1) is 28.9 Å². The van der Waals surface area contributed by atoms with Crippen LogP contribution in [0.5, 0.6) is 0 Å². The number of aromatic nitrogens is 2. The molecule has 7 heteroatoms. The summed E-state index contributed by atoms with van der Waals surface area (Å²) in [7, 11) is 0. The van der Waals surface area contributed by atoms with Gasteiger partial charge in [0.1, 0.15) is 0 Å². The number of benzene rings is 1. The topological polar surface area (TPSA) is 58.1 Å². The lowest BCUT2D eigenvalue weighted by molar-refractivity contribution is -0.113. The van der Waals surface area contributed by atoms with Crippen molar-refractivity contribution in [2.24, 2.45) is 0 Å². The van der Waals surface area contributed by atoms with Crippen LogP contribution in [-0.4, -0.2) is 33.5 Å². The number of amides is 1. The van der Waals surface area contributed by atoms with E-state index >= 15 is 0 Å². The Morgan fingerprint density at radius 1 is 1.21 bits per heavy atom. The highest BCUT2D eigenvalue weighted by atomic mass is 32.2. The Kier molecular flexibility index (Phi) is 6.09. The summed E-state index contributed by atoms with van der Waals surface area (Å²) in [5, 5.41) is 2.96. The number of piperidine rings is 1. The third kappa shape index (κ3) is 4.70. The van der Waals surface area contributed by atoms with Crippen LogP contribution in [0.2, 0.25) is 0 Å². The van der Waals surface area contributed by atoms with E-state index in [0.29, 0.717) is 5.75 Å². The van der Waals surface area contributed by atoms with Gasteiger partial charge in [0.2, 0.25) is 5.91 Å². The third-order valence-electron chi connectivity index (χ3n) is 4.09. The second-order valence-electron chi connectivity index (χ2n) is 5.93. The van der Waals surface area contributed by atoms with E-state index < -0.39 is 0 Å². The van der Waals surface area contributed by atoms with Gasteiger partial charge in [-0.3, -0.25) is 4.79 Å². The van der Waals surface area contributed by atoms with Gasteiger partial charge in [-0.1, -0.05) is 0 Å². The Labute approximate surface area is 151 Å². The molecule has 1 aromatic heterocycles. The molecule has 0 unspecified atom stereocenters. The molecule has 1 aromatic carbocycles. The van der Waals surface area contributed by atoms with E-state index in [-0.39, 0.29) is 5.91 Å². The predicted molar refractivity (Wildman–Crippen MR) is 102 cm³/mol. The van der Waals surface area contributed by atoms with E-state index in [9.17, 15) is 4.79 Å². The molecule has 0 saturated carbocycles. The maximum atomic E-state index is 12.0. The van der Waals surface area contributed by atoms with Crippen LogP contribution < -0.4 is 10.2 Å². The van der Waals surface area contributed by atoms with Crippen LogP contribution in [0.4, 0.5) is 11.4 Å². The van der Waals surface area contributed by atoms with E-state index in [1.807, 2.05) is 19.1 Å². The monoisotopic (exact) mass is 362 g/mol. The van der Waals surface area contributed by atoms with Crippen molar-refractivity contribution >= 4 is 40.8 Å². The molecule has 1 fully saturated rings. The predicted octanol–water partition coefficient (Wildman–Crippen LogP) is 3.71. The first-order chi connectivity index (χ1) is 11.7. The second-order valence-corrected chi connectivity index (χ2v) is 7.45. The molecule has 3 rings (SSSR count). The van der Waals surface area contributed by atoms with Gasteiger partial charge in [0, 0.05) is 30.2 Å². The van der Waals surface area contributed by atoms with E-state index in [2.05, 4.69) is 31.1 Å². The van der Waals surface area contributed by atoms with Crippen LogP contribution >= 0.6 is 23.5 Å². The van der Waals surface area contributed by atoms with Crippen LogP contribution in [0.3, 0.4) is 0 Å². The molecule has 0 radical (unpaired) electrons. The van der Waals surface area contributed by atoms with Crippen LogP contribution in [0, 0.1) is 6.92 Å². The van der Waals surface area contributed by atoms with Crippen molar-refractivity contribution in [2.75, 3.05) is 29.1 Å². The molecule has 1 amide bonds. The standard InChI is InChI=1S/C17H22N4OS2/c1-13-16(20-24-19-13)11-23-12-17(22)18-14-5-7-15(8-6-14)21-9-3-2-4-10-21/h5-8H,2-4,9-12H2,1H3,(H,18,22). The lowest BCUT2D eigenvalue weighted by Gasteiger charge is -2.28. The van der Waals surface area contributed by atoms with Crippen LogP contribution in [0.25, 0.3) is 0 Å². The molecule has 2 aromatic rings. The maximum absolute atomic E-state index is 12.0. The van der Waals surface area contributed by atoms with Gasteiger partial charge in [-0.15, -0.1) is 11.8 Å². The Morgan fingerprint density at radius 3 is 2.62 bits per heavy atom. The van der Waals surface area contributed by atoms with Gasteiger partial charge in [0.15, 0.2) is 0 Å². The molecular weight excluding hydrogens is 340 g/mol. The number of thioether (sulfide) groups is 1. The molecule has 0 aliphatic carbocycles. The highest BCUT2D eigenvalue weighted by Crippen LogP contribution is 2.22. The molecule has 1 aliphatic rings. The van der Waals surface area contributed by atoms with Gasteiger partial charge in [-0.05, 0) is 50.5 Å². The lowest BCUT2D eigenvalue weighted by Crippen LogP contribution is -2.29. The van der Waals surface area contributed by atoms with Crippen LogP contribution in [-0.2, 0) is 10.5 Å². The molecule has 24 heavy (non-hydrogen) atoms. The summed E-state index contributed by atoms with van der Waals surface area (Å²) in [5.41, 5.74) is 4.03. The lowest BCUT2D eigenvalue weighted by atomic mass is 10.1. The molecule has 1 saturated heterocycles. The molecule has 0 atom stereocenters. The molecule has 2 heterocycles. The average Bonchev–Trinajstić information content (AvgIpc) is 3.01. The summed E-state index contributed by atoms with van der Waals surface area (Å²) in [5.74, 6) is 1.17. The molecule has 128 valence electrons. The molecular formula is C17H22N4OS2. The number of aryl methyl sites for hydroxylation is 1. The van der Waals surface area contributed by atoms with Crippen molar-refractivity contribution in [1.29, 1.82) is 0 Å². The first kappa shape index (κ1) is 17.2. The fourth-order valence-corrected chi connectivity index (χ4v) is 4.20.